The van der Waals surface area contributed by atoms with E-state index in [1.165, 1.54) is 4.90 Å². The summed E-state index contributed by atoms with van der Waals surface area (Å²) in [7, 11) is 0. The van der Waals surface area contributed by atoms with Gasteiger partial charge >= 0.3 is 6.09 Å². The molecule has 0 aliphatic carbocycles. The first-order valence-corrected chi connectivity index (χ1v) is 6.01. The molecule has 2 rings (SSSR count). The Hall–Kier alpha value is -1.52. The lowest BCUT2D eigenvalue weighted by Crippen LogP contribution is -2.37. The van der Waals surface area contributed by atoms with E-state index in [-0.39, 0.29) is 0 Å². The Morgan fingerprint density at radius 2 is 2.22 bits per heavy atom. The number of nitrogens with zero attached hydrogens (tertiary/aromatic N) is 1. The molecule has 1 aromatic rings. The topological polar surface area (TPSA) is 60.8 Å². The van der Waals surface area contributed by atoms with Crippen molar-refractivity contribution in [2.75, 3.05) is 0 Å². The highest BCUT2D eigenvalue weighted by molar-refractivity contribution is 6.30. The Morgan fingerprint density at radius 1 is 1.50 bits per heavy atom. The Morgan fingerprint density at radius 3 is 2.83 bits per heavy atom. The molecule has 1 aromatic carbocycles. The van der Waals surface area contributed by atoms with Gasteiger partial charge in [0, 0.05) is 17.1 Å². The lowest BCUT2D eigenvalue weighted by Gasteiger charge is -2.35. The van der Waals surface area contributed by atoms with E-state index in [0.29, 0.717) is 17.1 Å². The van der Waals surface area contributed by atoms with Crippen LogP contribution in [0.1, 0.15) is 24.9 Å². The lowest BCUT2D eigenvalue weighted by molar-refractivity contribution is 0.105. The Balaban J connectivity index is 2.41. The van der Waals surface area contributed by atoms with Crippen molar-refractivity contribution in [3.8, 4) is 0 Å². The number of allylic oxidation sites excluding steroid dienone is 1. The molecule has 18 heavy (non-hydrogen) atoms. The summed E-state index contributed by atoms with van der Waals surface area (Å²) in [5.74, 6) is 0. The maximum atomic E-state index is 11.3. The van der Waals surface area contributed by atoms with E-state index in [4.69, 9.17) is 11.6 Å². The number of carbonyl (C=O) groups is 1. The van der Waals surface area contributed by atoms with Gasteiger partial charge in [0.2, 0.25) is 0 Å². The monoisotopic (exact) mass is 267 g/mol. The predicted octanol–water partition coefficient (Wildman–Crippen LogP) is 3.03. The second kappa shape index (κ2) is 5.00. The van der Waals surface area contributed by atoms with E-state index >= 15 is 0 Å². The predicted molar refractivity (Wildman–Crippen MR) is 68.4 cm³/mol. The highest BCUT2D eigenvalue weighted by Crippen LogP contribution is 2.34. The third kappa shape index (κ3) is 2.49. The van der Waals surface area contributed by atoms with Crippen LogP contribution in [-0.2, 0) is 0 Å². The van der Waals surface area contributed by atoms with Crippen LogP contribution >= 0.6 is 11.6 Å². The molecule has 2 N–H and O–H groups in total. The average molecular weight is 268 g/mol. The van der Waals surface area contributed by atoms with Crippen molar-refractivity contribution in [3.63, 3.8) is 0 Å². The van der Waals surface area contributed by atoms with Crippen molar-refractivity contribution >= 4 is 17.7 Å². The molecule has 1 aliphatic heterocycles. The number of amides is 1. The molecular weight excluding hydrogens is 254 g/mol. The molecule has 0 aromatic heterocycles. The first-order chi connectivity index (χ1) is 8.49. The molecule has 0 saturated heterocycles. The molecule has 0 bridgehead atoms. The Bertz CT molecular complexity index is 501. The maximum absolute atomic E-state index is 11.3. The maximum Gasteiger partial charge on any atom is 0.412 e. The van der Waals surface area contributed by atoms with Crippen molar-refractivity contribution in [2.45, 2.75) is 25.5 Å². The van der Waals surface area contributed by atoms with Gasteiger partial charge in [0.05, 0.1) is 12.1 Å². The van der Waals surface area contributed by atoms with E-state index < -0.39 is 18.2 Å². The van der Waals surface area contributed by atoms with E-state index in [1.54, 1.807) is 31.2 Å². The number of benzene rings is 1. The highest BCUT2D eigenvalue weighted by atomic mass is 35.5. The summed E-state index contributed by atoms with van der Waals surface area (Å²) in [6, 6.07) is 6.66. The molecular formula is C13H14ClNO3. The summed E-state index contributed by atoms with van der Waals surface area (Å²) < 4.78 is 0. The second-order valence-corrected chi connectivity index (χ2v) is 4.77. The van der Waals surface area contributed by atoms with Crippen LogP contribution in [0.2, 0.25) is 5.02 Å². The van der Waals surface area contributed by atoms with Gasteiger partial charge in [-0.2, -0.15) is 0 Å². The first-order valence-electron chi connectivity index (χ1n) is 5.63. The molecule has 0 fully saturated rings. The van der Waals surface area contributed by atoms with Gasteiger partial charge in [-0.25, -0.2) is 4.79 Å². The minimum atomic E-state index is -1.03. The molecule has 0 saturated carbocycles. The molecule has 2 unspecified atom stereocenters. The van der Waals surface area contributed by atoms with Crippen LogP contribution in [0.5, 0.6) is 0 Å². The number of hydrogen-bond acceptors (Lipinski definition) is 2. The number of rotatable bonds is 1. The number of halogens is 1. The summed E-state index contributed by atoms with van der Waals surface area (Å²) in [6.07, 6.45) is 0.226. The molecule has 5 heteroatoms. The quantitative estimate of drug-likeness (QED) is 0.822. The van der Waals surface area contributed by atoms with Crippen LogP contribution in [-0.4, -0.2) is 27.3 Å². The van der Waals surface area contributed by atoms with Crippen LogP contribution in [0.3, 0.4) is 0 Å². The number of carboxylic acid groups (broad SMARTS) is 1. The van der Waals surface area contributed by atoms with Crippen molar-refractivity contribution in [1.29, 1.82) is 0 Å². The van der Waals surface area contributed by atoms with Crippen molar-refractivity contribution in [1.82, 2.24) is 4.90 Å². The van der Waals surface area contributed by atoms with E-state index in [2.05, 4.69) is 0 Å². The third-order valence-electron chi connectivity index (χ3n) is 3.03. The molecule has 2 atom stereocenters. The zero-order valence-electron chi connectivity index (χ0n) is 9.88. The van der Waals surface area contributed by atoms with Crippen LogP contribution < -0.4 is 0 Å². The highest BCUT2D eigenvalue weighted by Gasteiger charge is 2.31. The van der Waals surface area contributed by atoms with E-state index in [9.17, 15) is 15.0 Å². The SMILES string of the molecule is CC1=CC(O)CC(c2cccc(Cl)c2)N1C(=O)O. The summed E-state index contributed by atoms with van der Waals surface area (Å²) in [6.45, 7) is 1.67. The van der Waals surface area contributed by atoms with Crippen LogP contribution in [0.15, 0.2) is 36.0 Å². The van der Waals surface area contributed by atoms with Crippen LogP contribution in [0.25, 0.3) is 0 Å². The van der Waals surface area contributed by atoms with Gasteiger partial charge in [-0.3, -0.25) is 4.90 Å². The van der Waals surface area contributed by atoms with Gasteiger partial charge in [0.1, 0.15) is 0 Å². The standard InChI is InChI=1S/C13H14ClNO3/c1-8-5-11(16)7-12(15(8)13(17)18)9-3-2-4-10(14)6-9/h2-6,11-12,16H,7H2,1H3,(H,17,18). The Kier molecular flexibility index (Phi) is 3.59. The fourth-order valence-electron chi connectivity index (χ4n) is 2.29. The summed E-state index contributed by atoms with van der Waals surface area (Å²) in [5, 5.41) is 19.6. The van der Waals surface area contributed by atoms with Gasteiger partial charge < -0.3 is 10.2 Å². The minimum Gasteiger partial charge on any atom is -0.465 e. The molecule has 1 aliphatic rings. The number of aliphatic hydroxyl groups is 1. The average Bonchev–Trinajstić information content (AvgIpc) is 2.27. The summed E-state index contributed by atoms with van der Waals surface area (Å²) in [4.78, 5) is 12.6. The van der Waals surface area contributed by atoms with Gasteiger partial charge in [-0.05, 0) is 30.7 Å². The minimum absolute atomic E-state index is 0.337. The van der Waals surface area contributed by atoms with Gasteiger partial charge in [-0.1, -0.05) is 23.7 Å². The fourth-order valence-corrected chi connectivity index (χ4v) is 2.49. The zero-order chi connectivity index (χ0) is 13.3. The zero-order valence-corrected chi connectivity index (χ0v) is 10.6. The number of hydrogen-bond donors (Lipinski definition) is 2. The summed E-state index contributed by atoms with van der Waals surface area (Å²) >= 11 is 5.92. The normalized spacial score (nSPS) is 23.7. The van der Waals surface area contributed by atoms with Crippen molar-refractivity contribution < 1.29 is 15.0 Å². The van der Waals surface area contributed by atoms with E-state index in [0.717, 1.165) is 5.56 Å². The molecule has 1 heterocycles. The molecule has 0 radical (unpaired) electrons. The molecule has 96 valence electrons. The fraction of sp³-hybridized carbons (Fsp3) is 0.308. The first kappa shape index (κ1) is 12.9. The van der Waals surface area contributed by atoms with Gasteiger partial charge in [0.25, 0.3) is 0 Å². The second-order valence-electron chi connectivity index (χ2n) is 4.33. The largest absolute Gasteiger partial charge is 0.465 e. The Labute approximate surface area is 110 Å². The van der Waals surface area contributed by atoms with Crippen LogP contribution in [0.4, 0.5) is 4.79 Å². The molecule has 0 spiro atoms. The molecule has 1 amide bonds. The molecule has 4 nitrogen and oxygen atoms in total. The smallest absolute Gasteiger partial charge is 0.412 e. The van der Waals surface area contributed by atoms with E-state index in [1.807, 2.05) is 6.07 Å². The lowest BCUT2D eigenvalue weighted by atomic mass is 9.95. The van der Waals surface area contributed by atoms with Crippen molar-refractivity contribution in [3.05, 3.63) is 46.6 Å². The van der Waals surface area contributed by atoms with Gasteiger partial charge in [0.15, 0.2) is 0 Å². The van der Waals surface area contributed by atoms with Crippen LogP contribution in [0, 0.1) is 0 Å². The third-order valence-corrected chi connectivity index (χ3v) is 3.26. The van der Waals surface area contributed by atoms with Crippen molar-refractivity contribution in [2.24, 2.45) is 0 Å². The number of aliphatic hydroxyl groups excluding tert-OH is 1. The summed E-state index contributed by atoms with van der Waals surface area (Å²) in [5.41, 5.74) is 1.32. The van der Waals surface area contributed by atoms with Gasteiger partial charge in [-0.15, -0.1) is 0 Å².